The molecule has 1 heterocycles. The standard InChI is InChI=1S/C20H22N2O4S2/c1-26-19(25)16-14-5-3-2-4-6-15(14)28-17(16)22-20(27)21-11-12-7-9-13(10-8-12)18(23)24/h7-10H,2-6,11H2,1H3,(H,23,24)(H2,21,22,27). The Bertz CT molecular complexity index is 890. The number of anilines is 1. The highest BCUT2D eigenvalue weighted by atomic mass is 32.1. The molecule has 3 rings (SSSR count). The number of aromatic carboxylic acids is 1. The molecule has 0 atom stereocenters. The number of carboxylic acids is 1. The maximum Gasteiger partial charge on any atom is 0.341 e. The number of methoxy groups -OCH3 is 1. The number of fused-ring (bicyclic) bond motifs is 1. The summed E-state index contributed by atoms with van der Waals surface area (Å²) in [5, 5.41) is 16.3. The Balaban J connectivity index is 1.69. The SMILES string of the molecule is COC(=O)c1c(NC(=S)NCc2ccc(C(=O)O)cc2)sc2c1CCCCC2. The maximum absolute atomic E-state index is 12.4. The second-order valence-electron chi connectivity index (χ2n) is 6.57. The lowest BCUT2D eigenvalue weighted by molar-refractivity contribution is 0.0600. The van der Waals surface area contributed by atoms with Gasteiger partial charge in [0, 0.05) is 11.4 Å². The molecule has 0 radical (unpaired) electrons. The second kappa shape index (κ2) is 9.16. The van der Waals surface area contributed by atoms with E-state index in [1.54, 1.807) is 35.6 Å². The molecule has 2 aromatic rings. The predicted molar refractivity (Wildman–Crippen MR) is 113 cm³/mol. The van der Waals surface area contributed by atoms with Crippen LogP contribution in [0, 0.1) is 0 Å². The van der Waals surface area contributed by atoms with Crippen molar-refractivity contribution in [2.75, 3.05) is 12.4 Å². The van der Waals surface area contributed by atoms with Crippen LogP contribution in [-0.2, 0) is 24.1 Å². The van der Waals surface area contributed by atoms with Crippen molar-refractivity contribution in [1.82, 2.24) is 5.32 Å². The fraction of sp³-hybridized carbons (Fsp3) is 0.350. The Kier molecular flexibility index (Phi) is 6.64. The molecule has 0 saturated heterocycles. The zero-order valence-corrected chi connectivity index (χ0v) is 17.2. The minimum absolute atomic E-state index is 0.243. The van der Waals surface area contributed by atoms with Gasteiger partial charge in [-0.2, -0.15) is 0 Å². The predicted octanol–water partition coefficient (Wildman–Crippen LogP) is 3.99. The molecule has 1 aliphatic carbocycles. The van der Waals surface area contributed by atoms with E-state index in [9.17, 15) is 9.59 Å². The third kappa shape index (κ3) is 4.69. The normalized spacial score (nSPS) is 13.2. The molecule has 1 aromatic carbocycles. The average Bonchev–Trinajstić information content (AvgIpc) is 2.86. The number of thiophene rings is 1. The number of thiocarbonyl (C=S) groups is 1. The number of aryl methyl sites for hydroxylation is 1. The molecule has 6 nitrogen and oxygen atoms in total. The van der Waals surface area contributed by atoms with Crippen molar-refractivity contribution in [3.8, 4) is 0 Å². The smallest absolute Gasteiger partial charge is 0.341 e. The maximum atomic E-state index is 12.4. The molecule has 0 saturated carbocycles. The quantitative estimate of drug-likeness (QED) is 0.384. The number of hydrogen-bond acceptors (Lipinski definition) is 5. The number of carbonyl (C=O) groups is 2. The van der Waals surface area contributed by atoms with E-state index in [4.69, 9.17) is 22.1 Å². The summed E-state index contributed by atoms with van der Waals surface area (Å²) in [4.78, 5) is 24.5. The van der Waals surface area contributed by atoms with Gasteiger partial charge in [0.25, 0.3) is 0 Å². The molecule has 0 aliphatic heterocycles. The van der Waals surface area contributed by atoms with Crippen molar-refractivity contribution in [2.45, 2.75) is 38.6 Å². The molecular formula is C20H22N2O4S2. The van der Waals surface area contributed by atoms with Crippen LogP contribution in [0.15, 0.2) is 24.3 Å². The van der Waals surface area contributed by atoms with Crippen molar-refractivity contribution in [3.63, 3.8) is 0 Å². The van der Waals surface area contributed by atoms with E-state index in [2.05, 4.69) is 10.6 Å². The number of esters is 1. The van der Waals surface area contributed by atoms with Crippen LogP contribution in [0.1, 0.15) is 56.0 Å². The highest BCUT2D eigenvalue weighted by molar-refractivity contribution is 7.80. The molecular weight excluding hydrogens is 396 g/mol. The third-order valence-electron chi connectivity index (χ3n) is 4.69. The van der Waals surface area contributed by atoms with E-state index in [1.165, 1.54) is 18.4 Å². The van der Waals surface area contributed by atoms with Crippen LogP contribution in [0.3, 0.4) is 0 Å². The topological polar surface area (TPSA) is 87.7 Å². The van der Waals surface area contributed by atoms with Crippen LogP contribution in [0.4, 0.5) is 5.00 Å². The van der Waals surface area contributed by atoms with Crippen LogP contribution in [0.25, 0.3) is 0 Å². The summed E-state index contributed by atoms with van der Waals surface area (Å²) in [6.07, 6.45) is 5.23. The monoisotopic (exact) mass is 418 g/mol. The van der Waals surface area contributed by atoms with Gasteiger partial charge in [-0.1, -0.05) is 18.6 Å². The van der Waals surface area contributed by atoms with Gasteiger partial charge in [0.1, 0.15) is 5.00 Å². The number of carboxylic acid groups (broad SMARTS) is 1. The first-order chi connectivity index (χ1) is 13.5. The van der Waals surface area contributed by atoms with Gasteiger partial charge >= 0.3 is 11.9 Å². The van der Waals surface area contributed by atoms with E-state index in [1.807, 2.05) is 0 Å². The summed E-state index contributed by atoms with van der Waals surface area (Å²) in [7, 11) is 1.39. The Morgan fingerprint density at radius 2 is 1.89 bits per heavy atom. The minimum atomic E-state index is -0.954. The van der Waals surface area contributed by atoms with Crippen LogP contribution >= 0.6 is 23.6 Å². The molecule has 0 bridgehead atoms. The van der Waals surface area contributed by atoms with Crippen molar-refractivity contribution >= 4 is 45.6 Å². The first kappa shape index (κ1) is 20.3. The van der Waals surface area contributed by atoms with Gasteiger partial charge < -0.3 is 20.5 Å². The van der Waals surface area contributed by atoms with E-state index in [0.717, 1.165) is 41.8 Å². The summed E-state index contributed by atoms with van der Waals surface area (Å²) in [5.41, 5.74) is 2.83. The molecule has 1 aromatic heterocycles. The van der Waals surface area contributed by atoms with Crippen molar-refractivity contribution in [3.05, 3.63) is 51.4 Å². The van der Waals surface area contributed by atoms with Gasteiger partial charge in [-0.15, -0.1) is 11.3 Å². The Labute approximate surface area is 172 Å². The first-order valence-corrected chi connectivity index (χ1v) is 10.3. The summed E-state index contributed by atoms with van der Waals surface area (Å²) >= 11 is 6.96. The zero-order chi connectivity index (χ0) is 20.1. The van der Waals surface area contributed by atoms with Gasteiger partial charge in [0.05, 0.1) is 18.2 Å². The molecule has 8 heteroatoms. The highest BCUT2D eigenvalue weighted by Gasteiger charge is 2.25. The number of hydrogen-bond donors (Lipinski definition) is 3. The fourth-order valence-electron chi connectivity index (χ4n) is 3.24. The summed E-state index contributed by atoms with van der Waals surface area (Å²) in [6.45, 7) is 0.449. The van der Waals surface area contributed by atoms with Crippen LogP contribution < -0.4 is 10.6 Å². The van der Waals surface area contributed by atoms with Crippen molar-refractivity contribution in [2.24, 2.45) is 0 Å². The fourth-order valence-corrected chi connectivity index (χ4v) is 4.76. The third-order valence-corrected chi connectivity index (χ3v) is 6.15. The number of nitrogens with one attached hydrogen (secondary N) is 2. The second-order valence-corrected chi connectivity index (χ2v) is 8.08. The number of rotatable bonds is 5. The molecule has 0 unspecified atom stereocenters. The zero-order valence-electron chi connectivity index (χ0n) is 15.5. The lowest BCUT2D eigenvalue weighted by Crippen LogP contribution is -2.28. The Hall–Kier alpha value is -2.45. The van der Waals surface area contributed by atoms with Crippen LogP contribution in [0.2, 0.25) is 0 Å². The Morgan fingerprint density at radius 3 is 2.57 bits per heavy atom. The molecule has 0 spiro atoms. The number of carbonyl (C=O) groups excluding carboxylic acids is 1. The molecule has 1 aliphatic rings. The van der Waals surface area contributed by atoms with Gasteiger partial charge in [0.2, 0.25) is 0 Å². The first-order valence-electron chi connectivity index (χ1n) is 9.09. The largest absolute Gasteiger partial charge is 0.478 e. The van der Waals surface area contributed by atoms with Crippen LogP contribution in [-0.4, -0.2) is 29.3 Å². The van der Waals surface area contributed by atoms with Gasteiger partial charge in [-0.25, -0.2) is 9.59 Å². The highest BCUT2D eigenvalue weighted by Crippen LogP contribution is 2.37. The van der Waals surface area contributed by atoms with Gasteiger partial charge in [0.15, 0.2) is 5.11 Å². The van der Waals surface area contributed by atoms with Crippen LogP contribution in [0.5, 0.6) is 0 Å². The lowest BCUT2D eigenvalue weighted by Gasteiger charge is -2.11. The van der Waals surface area contributed by atoms with E-state index in [0.29, 0.717) is 17.2 Å². The van der Waals surface area contributed by atoms with E-state index < -0.39 is 5.97 Å². The lowest BCUT2D eigenvalue weighted by atomic mass is 10.1. The Morgan fingerprint density at radius 1 is 1.18 bits per heavy atom. The summed E-state index contributed by atoms with van der Waals surface area (Å²) in [5.74, 6) is -1.29. The average molecular weight is 419 g/mol. The van der Waals surface area contributed by atoms with Crippen molar-refractivity contribution in [1.29, 1.82) is 0 Å². The molecule has 3 N–H and O–H groups in total. The molecule has 28 heavy (non-hydrogen) atoms. The van der Waals surface area contributed by atoms with Crippen molar-refractivity contribution < 1.29 is 19.4 Å². The molecule has 148 valence electrons. The summed E-state index contributed by atoms with van der Waals surface area (Å²) < 4.78 is 5.00. The minimum Gasteiger partial charge on any atom is -0.478 e. The van der Waals surface area contributed by atoms with E-state index >= 15 is 0 Å². The summed E-state index contributed by atoms with van der Waals surface area (Å²) in [6, 6.07) is 6.60. The number of ether oxygens (including phenoxy) is 1. The molecule has 0 fully saturated rings. The van der Waals surface area contributed by atoms with E-state index in [-0.39, 0.29) is 11.5 Å². The van der Waals surface area contributed by atoms with Gasteiger partial charge in [-0.3, -0.25) is 0 Å². The molecule has 0 amide bonds. The van der Waals surface area contributed by atoms with Gasteiger partial charge in [-0.05, 0) is 61.2 Å². The number of benzene rings is 1.